The summed E-state index contributed by atoms with van der Waals surface area (Å²) in [6, 6.07) is -0.621. The molecule has 2 unspecified atom stereocenters. The molecule has 0 amide bonds. The van der Waals surface area contributed by atoms with Gasteiger partial charge in [-0.05, 0) is 70.6 Å². The van der Waals surface area contributed by atoms with E-state index in [0.717, 1.165) is 83.5 Å². The molecule has 0 radical (unpaired) electrons. The fraction of sp³-hybridized carbons (Fsp3) is 0.750. The predicted molar refractivity (Wildman–Crippen MR) is 215 cm³/mol. The number of allylic oxidation sites excluding steroid dienone is 8. The van der Waals surface area contributed by atoms with Crippen LogP contribution >= 0.6 is 0 Å². The van der Waals surface area contributed by atoms with Crippen LogP contribution in [0.2, 0.25) is 0 Å². The molecule has 0 saturated heterocycles. The zero-order chi connectivity index (χ0) is 38.5. The predicted octanol–water partition coefficient (Wildman–Crippen LogP) is 10.9. The number of likely N-dealkylation sites (N-methyl/N-ethyl adjacent to an activating group) is 1. The molecule has 0 aliphatic heterocycles. The highest BCUT2D eigenvalue weighted by Crippen LogP contribution is 2.13. The van der Waals surface area contributed by atoms with Gasteiger partial charge in [-0.15, -0.1) is 0 Å². The number of carbonyl (C=O) groups is 3. The Morgan fingerprint density at radius 3 is 1.63 bits per heavy atom. The number of carbonyl (C=O) groups excluding carboxylic acids is 2. The molecule has 52 heavy (non-hydrogen) atoms. The summed E-state index contributed by atoms with van der Waals surface area (Å²) in [5.74, 6) is -1.52. The van der Waals surface area contributed by atoms with Crippen LogP contribution in [0.3, 0.4) is 0 Å². The molecule has 1 N–H and O–H groups in total. The van der Waals surface area contributed by atoms with Crippen LogP contribution in [-0.2, 0) is 28.6 Å². The largest absolute Gasteiger partial charge is 0.477 e. The molecule has 0 aromatic carbocycles. The summed E-state index contributed by atoms with van der Waals surface area (Å²) in [6.45, 7) is 4.56. The van der Waals surface area contributed by atoms with Gasteiger partial charge < -0.3 is 23.8 Å². The third-order valence-electron chi connectivity index (χ3n) is 8.96. The quantitative estimate of drug-likeness (QED) is 0.0296. The van der Waals surface area contributed by atoms with E-state index in [0.29, 0.717) is 19.3 Å². The SMILES string of the molecule is CC/C=C/C/C=C/C/C=C/CCCCCCC(=O)OC(COCCC(C(=O)O)[N+](C)(C)C)COC(=O)CCCCC/C=C/CCCCCCCCC. The van der Waals surface area contributed by atoms with Crippen LogP contribution in [0.15, 0.2) is 48.6 Å². The Balaban J connectivity index is 4.45. The topological polar surface area (TPSA) is 99.1 Å². The summed E-state index contributed by atoms with van der Waals surface area (Å²) in [4.78, 5) is 36.9. The first-order chi connectivity index (χ1) is 25.1. The highest BCUT2D eigenvalue weighted by atomic mass is 16.6. The van der Waals surface area contributed by atoms with Gasteiger partial charge in [0.25, 0.3) is 0 Å². The van der Waals surface area contributed by atoms with E-state index < -0.39 is 18.1 Å². The molecule has 0 heterocycles. The molecule has 0 spiro atoms. The van der Waals surface area contributed by atoms with Gasteiger partial charge in [0.05, 0.1) is 34.4 Å². The fourth-order valence-corrected chi connectivity index (χ4v) is 5.75. The standard InChI is InChI=1S/C44H77NO7/c1-6-8-10-12-14-16-18-20-22-24-26-28-30-32-34-42(46)51-39-40(38-50-37-36-41(44(48)49)45(3,4)5)52-43(47)35-33-31-29-27-25-23-21-19-17-15-13-11-9-7-2/h9,11,15,17,21-24,40-41H,6-8,10,12-14,16,18-20,25-39H2,1-5H3/p+1/b11-9+,17-15+,23-21+,24-22+. The maximum absolute atomic E-state index is 12.7. The van der Waals surface area contributed by atoms with Crippen LogP contribution in [0.25, 0.3) is 0 Å². The second-order valence-corrected chi connectivity index (χ2v) is 14.9. The summed E-state index contributed by atoms with van der Waals surface area (Å²) in [5.41, 5.74) is 0. The van der Waals surface area contributed by atoms with E-state index in [9.17, 15) is 19.5 Å². The molecule has 8 nitrogen and oxygen atoms in total. The maximum Gasteiger partial charge on any atom is 0.362 e. The molecule has 0 fully saturated rings. The first kappa shape index (κ1) is 49.3. The average molecular weight is 733 g/mol. The summed E-state index contributed by atoms with van der Waals surface area (Å²) in [7, 11) is 5.50. The van der Waals surface area contributed by atoms with Crippen LogP contribution in [0.5, 0.6) is 0 Å². The van der Waals surface area contributed by atoms with E-state index in [-0.39, 0.29) is 36.2 Å². The van der Waals surface area contributed by atoms with Crippen molar-refractivity contribution < 1.29 is 38.2 Å². The Hall–Kier alpha value is -2.71. The number of rotatable bonds is 36. The number of quaternary nitrogens is 1. The minimum absolute atomic E-state index is 0.0463. The lowest BCUT2D eigenvalue weighted by molar-refractivity contribution is -0.887. The number of hydrogen-bond acceptors (Lipinski definition) is 6. The van der Waals surface area contributed by atoms with Gasteiger partial charge in [-0.25, -0.2) is 4.79 Å². The molecule has 8 heteroatoms. The lowest BCUT2D eigenvalue weighted by Gasteiger charge is -2.31. The van der Waals surface area contributed by atoms with Gasteiger partial charge in [0.1, 0.15) is 6.61 Å². The minimum atomic E-state index is -0.883. The van der Waals surface area contributed by atoms with E-state index in [2.05, 4.69) is 62.5 Å². The van der Waals surface area contributed by atoms with Gasteiger partial charge in [-0.1, -0.05) is 120 Å². The molecular weight excluding hydrogens is 654 g/mol. The molecule has 0 rings (SSSR count). The zero-order valence-corrected chi connectivity index (χ0v) is 34.0. The van der Waals surface area contributed by atoms with Crippen molar-refractivity contribution in [2.24, 2.45) is 0 Å². The van der Waals surface area contributed by atoms with Gasteiger partial charge in [-0.2, -0.15) is 0 Å². The molecule has 0 aliphatic carbocycles. The van der Waals surface area contributed by atoms with Gasteiger partial charge in [0.2, 0.25) is 0 Å². The first-order valence-electron chi connectivity index (χ1n) is 20.7. The Kier molecular flexibility index (Phi) is 33.5. The van der Waals surface area contributed by atoms with Crippen molar-refractivity contribution in [3.63, 3.8) is 0 Å². The van der Waals surface area contributed by atoms with Crippen molar-refractivity contribution in [1.82, 2.24) is 0 Å². The van der Waals surface area contributed by atoms with Gasteiger partial charge in [0, 0.05) is 19.3 Å². The number of unbranched alkanes of at least 4 members (excludes halogenated alkanes) is 14. The number of hydrogen-bond donors (Lipinski definition) is 1. The van der Waals surface area contributed by atoms with Crippen molar-refractivity contribution in [3.8, 4) is 0 Å². The van der Waals surface area contributed by atoms with Gasteiger partial charge in [0.15, 0.2) is 12.1 Å². The maximum atomic E-state index is 12.7. The van der Waals surface area contributed by atoms with E-state index in [1.807, 2.05) is 21.1 Å². The van der Waals surface area contributed by atoms with Crippen molar-refractivity contribution in [1.29, 1.82) is 0 Å². The Morgan fingerprint density at radius 1 is 0.596 bits per heavy atom. The first-order valence-corrected chi connectivity index (χ1v) is 20.7. The van der Waals surface area contributed by atoms with Crippen LogP contribution in [-0.4, -0.2) is 80.6 Å². The number of aliphatic carboxylic acids is 1. The fourth-order valence-electron chi connectivity index (χ4n) is 5.75. The van der Waals surface area contributed by atoms with E-state index in [1.54, 1.807) is 0 Å². The second kappa shape index (κ2) is 35.3. The summed E-state index contributed by atoms with van der Waals surface area (Å²) in [6.07, 6.45) is 40.1. The smallest absolute Gasteiger partial charge is 0.362 e. The van der Waals surface area contributed by atoms with Crippen molar-refractivity contribution in [3.05, 3.63) is 48.6 Å². The number of esters is 2. The van der Waals surface area contributed by atoms with Crippen LogP contribution in [0.4, 0.5) is 0 Å². The van der Waals surface area contributed by atoms with Crippen LogP contribution in [0, 0.1) is 0 Å². The molecule has 0 saturated carbocycles. The third kappa shape index (κ3) is 33.1. The second-order valence-electron chi connectivity index (χ2n) is 14.9. The zero-order valence-electron chi connectivity index (χ0n) is 34.0. The summed E-state index contributed by atoms with van der Waals surface area (Å²) < 4.78 is 17.2. The molecule has 0 bridgehead atoms. The third-order valence-corrected chi connectivity index (χ3v) is 8.96. The van der Waals surface area contributed by atoms with Gasteiger partial charge in [-0.3, -0.25) is 9.59 Å². The van der Waals surface area contributed by atoms with E-state index >= 15 is 0 Å². The molecule has 0 aromatic heterocycles. The Morgan fingerprint density at radius 2 is 1.08 bits per heavy atom. The molecule has 0 aliphatic rings. The summed E-state index contributed by atoms with van der Waals surface area (Å²) >= 11 is 0. The van der Waals surface area contributed by atoms with Crippen molar-refractivity contribution >= 4 is 17.9 Å². The van der Waals surface area contributed by atoms with Crippen LogP contribution in [0.1, 0.15) is 162 Å². The average Bonchev–Trinajstić information content (AvgIpc) is 3.09. The van der Waals surface area contributed by atoms with E-state index in [4.69, 9.17) is 14.2 Å². The number of carboxylic acid groups (broad SMARTS) is 1. The highest BCUT2D eigenvalue weighted by molar-refractivity contribution is 5.72. The Bertz CT molecular complexity index is 995. The lowest BCUT2D eigenvalue weighted by atomic mass is 10.1. The van der Waals surface area contributed by atoms with Crippen molar-refractivity contribution in [2.75, 3.05) is 41.0 Å². The lowest BCUT2D eigenvalue weighted by Crippen LogP contribution is -2.50. The highest BCUT2D eigenvalue weighted by Gasteiger charge is 2.31. The minimum Gasteiger partial charge on any atom is -0.477 e. The number of ether oxygens (including phenoxy) is 3. The van der Waals surface area contributed by atoms with E-state index in [1.165, 1.54) is 44.9 Å². The number of carboxylic acids is 1. The number of nitrogens with zero attached hydrogens (tertiary/aromatic N) is 1. The Labute approximate surface area is 318 Å². The van der Waals surface area contributed by atoms with Gasteiger partial charge >= 0.3 is 17.9 Å². The van der Waals surface area contributed by atoms with Crippen molar-refractivity contribution in [2.45, 2.75) is 174 Å². The molecule has 2 atom stereocenters. The normalized spacial score (nSPS) is 13.5. The molecule has 300 valence electrons. The summed E-state index contributed by atoms with van der Waals surface area (Å²) in [5, 5.41) is 9.60. The molecular formula is C44H78NO7+. The molecule has 0 aromatic rings. The monoisotopic (exact) mass is 733 g/mol. The van der Waals surface area contributed by atoms with Crippen LogP contribution < -0.4 is 0 Å².